The molecule has 0 aliphatic rings. The maximum atomic E-state index is 8.47. The van der Waals surface area contributed by atoms with E-state index in [2.05, 4.69) is 0 Å². The third kappa shape index (κ3) is 8.95. The summed E-state index contributed by atoms with van der Waals surface area (Å²) >= 11 is 0. The van der Waals surface area contributed by atoms with Gasteiger partial charge in [-0.3, -0.25) is 0 Å². The summed E-state index contributed by atoms with van der Waals surface area (Å²) in [6.07, 6.45) is -4.89. The molecule has 100 valence electrons. The molecule has 0 aliphatic carbocycles. The first-order valence-electron chi connectivity index (χ1n) is 4.60. The van der Waals surface area contributed by atoms with Gasteiger partial charge in [0.05, 0.1) is 26.4 Å². The number of hydrogen-bond donors (Lipinski definition) is 8. The molecule has 0 aromatic carbocycles. The lowest BCUT2D eigenvalue weighted by Crippen LogP contribution is -2.31. The summed E-state index contributed by atoms with van der Waals surface area (Å²) in [4.78, 5) is 0. The number of hydrogen-bond acceptors (Lipinski definition) is 8. The van der Waals surface area contributed by atoms with E-state index in [4.69, 9.17) is 40.9 Å². The summed E-state index contributed by atoms with van der Waals surface area (Å²) in [5, 5.41) is 66.3. The van der Waals surface area contributed by atoms with Gasteiger partial charge in [0, 0.05) is 0 Å². The molecule has 0 aromatic heterocycles. The van der Waals surface area contributed by atoms with E-state index in [0.717, 1.165) is 0 Å². The van der Waals surface area contributed by atoms with E-state index in [1.165, 1.54) is 0 Å². The van der Waals surface area contributed by atoms with Crippen molar-refractivity contribution >= 4 is 0 Å². The maximum absolute atomic E-state index is 8.47. The Bertz CT molecular complexity index is 112. The minimum absolute atomic E-state index is 0.526. The second-order valence-corrected chi connectivity index (χ2v) is 3.00. The molecule has 0 aromatic rings. The van der Waals surface area contributed by atoms with Crippen LogP contribution in [0.5, 0.6) is 0 Å². The topological polar surface area (TPSA) is 162 Å². The van der Waals surface area contributed by atoms with Crippen LogP contribution in [0.15, 0.2) is 0 Å². The van der Waals surface area contributed by atoms with Crippen molar-refractivity contribution in [2.45, 2.75) is 24.4 Å². The zero-order valence-corrected chi connectivity index (χ0v) is 8.72. The van der Waals surface area contributed by atoms with Crippen LogP contribution in [-0.2, 0) is 0 Å². The van der Waals surface area contributed by atoms with E-state index in [1.807, 2.05) is 0 Å². The Morgan fingerprint density at radius 2 is 0.562 bits per heavy atom. The predicted octanol–water partition coefficient (Wildman–Crippen LogP) is -4.61. The Hall–Kier alpha value is -0.320. The van der Waals surface area contributed by atoms with Crippen LogP contribution in [-0.4, -0.2) is 91.7 Å². The number of aliphatic hydroxyl groups excluding tert-OH is 8. The number of aliphatic hydroxyl groups is 8. The van der Waals surface area contributed by atoms with Crippen molar-refractivity contribution in [3.05, 3.63) is 0 Å². The molecule has 8 nitrogen and oxygen atoms in total. The monoisotopic (exact) mass is 244 g/mol. The Labute approximate surface area is 92.7 Å². The molecular weight excluding hydrogens is 224 g/mol. The molecule has 0 saturated carbocycles. The molecule has 0 amide bonds. The standard InChI is InChI=1S/2C4H10O4/c2*5-1-3(7)4(8)2-6/h2*3-8H,1-2H2/t3-,4-;/m0./s1. The minimum atomic E-state index is -1.22. The van der Waals surface area contributed by atoms with Gasteiger partial charge in [-0.05, 0) is 0 Å². The Balaban J connectivity index is 0. The fraction of sp³-hybridized carbons (Fsp3) is 1.00. The first-order chi connectivity index (χ1) is 7.44. The Kier molecular flexibility index (Phi) is 12.6. The third-order valence-electron chi connectivity index (χ3n) is 1.64. The highest BCUT2D eigenvalue weighted by atomic mass is 16.4. The average molecular weight is 244 g/mol. The van der Waals surface area contributed by atoms with Crippen LogP contribution in [0.25, 0.3) is 0 Å². The first kappa shape index (κ1) is 18.1. The first-order valence-corrected chi connectivity index (χ1v) is 4.60. The van der Waals surface area contributed by atoms with E-state index in [0.29, 0.717) is 0 Å². The summed E-state index contributed by atoms with van der Waals surface area (Å²) in [6, 6.07) is 0. The Morgan fingerprint density at radius 3 is 0.625 bits per heavy atom. The van der Waals surface area contributed by atoms with Crippen molar-refractivity contribution in [1.29, 1.82) is 0 Å². The van der Waals surface area contributed by atoms with Gasteiger partial charge in [0.25, 0.3) is 0 Å². The summed E-state index contributed by atoms with van der Waals surface area (Å²) < 4.78 is 0. The molecule has 0 aliphatic heterocycles. The molecule has 0 fully saturated rings. The van der Waals surface area contributed by atoms with Gasteiger partial charge in [-0.2, -0.15) is 0 Å². The Morgan fingerprint density at radius 1 is 0.438 bits per heavy atom. The highest BCUT2D eigenvalue weighted by Crippen LogP contribution is 1.89. The zero-order chi connectivity index (χ0) is 13.1. The highest BCUT2D eigenvalue weighted by Gasteiger charge is 2.12. The van der Waals surface area contributed by atoms with Gasteiger partial charge in [0.15, 0.2) is 0 Å². The van der Waals surface area contributed by atoms with Crippen molar-refractivity contribution in [2.75, 3.05) is 26.4 Å². The van der Waals surface area contributed by atoms with Gasteiger partial charge < -0.3 is 40.9 Å². The van der Waals surface area contributed by atoms with Crippen molar-refractivity contribution in [1.82, 2.24) is 0 Å². The quantitative estimate of drug-likeness (QED) is 0.231. The molecule has 2 unspecified atom stereocenters. The summed E-state index contributed by atoms with van der Waals surface area (Å²) in [5.41, 5.74) is 0. The van der Waals surface area contributed by atoms with Gasteiger partial charge in [0.1, 0.15) is 24.4 Å². The molecular formula is C8H20O8. The van der Waals surface area contributed by atoms with Gasteiger partial charge in [0.2, 0.25) is 0 Å². The second kappa shape index (κ2) is 11.2. The van der Waals surface area contributed by atoms with Crippen molar-refractivity contribution in [2.24, 2.45) is 0 Å². The third-order valence-corrected chi connectivity index (χ3v) is 1.64. The molecule has 0 saturated heterocycles. The van der Waals surface area contributed by atoms with E-state index in [1.54, 1.807) is 0 Å². The van der Waals surface area contributed by atoms with Crippen LogP contribution in [0.2, 0.25) is 0 Å². The predicted molar refractivity (Wildman–Crippen MR) is 52.4 cm³/mol. The second-order valence-electron chi connectivity index (χ2n) is 3.00. The molecule has 0 rings (SSSR count). The largest absolute Gasteiger partial charge is 0.394 e. The van der Waals surface area contributed by atoms with Crippen LogP contribution >= 0.6 is 0 Å². The lowest BCUT2D eigenvalue weighted by Gasteiger charge is -2.10. The lowest BCUT2D eigenvalue weighted by atomic mass is 10.2. The fourth-order valence-corrected chi connectivity index (χ4v) is 0.487. The maximum Gasteiger partial charge on any atom is 0.105 e. The summed E-state index contributed by atoms with van der Waals surface area (Å²) in [5.74, 6) is 0. The number of rotatable bonds is 6. The van der Waals surface area contributed by atoms with E-state index in [9.17, 15) is 0 Å². The molecule has 16 heavy (non-hydrogen) atoms. The average Bonchev–Trinajstić information content (AvgIpc) is 2.35. The molecule has 0 spiro atoms. The zero-order valence-electron chi connectivity index (χ0n) is 8.72. The fourth-order valence-electron chi connectivity index (χ4n) is 0.487. The van der Waals surface area contributed by atoms with Gasteiger partial charge >= 0.3 is 0 Å². The molecule has 0 heterocycles. The summed E-state index contributed by atoms with van der Waals surface area (Å²) in [6.45, 7) is -2.10. The molecule has 4 atom stereocenters. The van der Waals surface area contributed by atoms with Crippen LogP contribution in [0.4, 0.5) is 0 Å². The van der Waals surface area contributed by atoms with Crippen LogP contribution < -0.4 is 0 Å². The van der Waals surface area contributed by atoms with Gasteiger partial charge in [-0.1, -0.05) is 0 Å². The van der Waals surface area contributed by atoms with Crippen molar-refractivity contribution in [3.63, 3.8) is 0 Å². The normalized spacial score (nSPS) is 18.0. The molecule has 0 radical (unpaired) electrons. The van der Waals surface area contributed by atoms with E-state index in [-0.39, 0.29) is 0 Å². The van der Waals surface area contributed by atoms with Gasteiger partial charge in [-0.15, -0.1) is 0 Å². The lowest BCUT2D eigenvalue weighted by molar-refractivity contribution is -0.0388. The minimum Gasteiger partial charge on any atom is -0.394 e. The van der Waals surface area contributed by atoms with Crippen molar-refractivity contribution < 1.29 is 40.9 Å². The summed E-state index contributed by atoms with van der Waals surface area (Å²) in [7, 11) is 0. The SMILES string of the molecule is OCC(O)C(O)CO.OC[C@H](O)[C@@H](O)CO. The molecule has 0 bridgehead atoms. The highest BCUT2D eigenvalue weighted by molar-refractivity contribution is 4.63. The van der Waals surface area contributed by atoms with Gasteiger partial charge in [-0.25, -0.2) is 0 Å². The van der Waals surface area contributed by atoms with E-state index >= 15 is 0 Å². The van der Waals surface area contributed by atoms with Crippen molar-refractivity contribution in [3.8, 4) is 0 Å². The molecule has 8 N–H and O–H groups in total. The van der Waals surface area contributed by atoms with Crippen LogP contribution in [0, 0.1) is 0 Å². The van der Waals surface area contributed by atoms with E-state index < -0.39 is 50.8 Å². The smallest absolute Gasteiger partial charge is 0.105 e. The van der Waals surface area contributed by atoms with Crippen LogP contribution in [0.1, 0.15) is 0 Å². The molecule has 8 heteroatoms. The van der Waals surface area contributed by atoms with Crippen LogP contribution in [0.3, 0.4) is 0 Å².